The first-order valence-electron chi connectivity index (χ1n) is 5.33. The molecule has 1 aliphatic carbocycles. The molecule has 3 nitrogen and oxygen atoms in total. The SMILES string of the molecule is CC(C)(C)C(=O)OC1CCC2OC2C1. The first-order valence-corrected chi connectivity index (χ1v) is 5.33. The predicted octanol–water partition coefficient (Wildman–Crippen LogP) is 1.90. The second kappa shape index (κ2) is 3.23. The fraction of sp³-hybridized carbons (Fsp3) is 0.909. The van der Waals surface area contributed by atoms with Gasteiger partial charge in [-0.2, -0.15) is 0 Å². The number of fused-ring (bicyclic) bond motifs is 1. The number of rotatable bonds is 1. The van der Waals surface area contributed by atoms with E-state index in [2.05, 4.69) is 0 Å². The number of hydrogen-bond donors (Lipinski definition) is 0. The molecule has 3 atom stereocenters. The van der Waals surface area contributed by atoms with Crippen LogP contribution in [0.25, 0.3) is 0 Å². The van der Waals surface area contributed by atoms with Crippen LogP contribution < -0.4 is 0 Å². The zero-order chi connectivity index (χ0) is 10.3. The molecule has 0 aromatic rings. The second-order valence-electron chi connectivity index (χ2n) is 5.30. The monoisotopic (exact) mass is 198 g/mol. The van der Waals surface area contributed by atoms with Crippen molar-refractivity contribution in [2.45, 2.75) is 58.3 Å². The number of carbonyl (C=O) groups excluding carboxylic acids is 1. The highest BCUT2D eigenvalue weighted by molar-refractivity contribution is 5.75. The van der Waals surface area contributed by atoms with E-state index in [1.54, 1.807) is 0 Å². The van der Waals surface area contributed by atoms with E-state index in [9.17, 15) is 4.79 Å². The number of ether oxygens (including phenoxy) is 2. The van der Waals surface area contributed by atoms with Crippen LogP contribution in [0.3, 0.4) is 0 Å². The summed E-state index contributed by atoms with van der Waals surface area (Å²) in [5, 5.41) is 0. The molecule has 0 N–H and O–H groups in total. The molecule has 1 saturated carbocycles. The molecule has 80 valence electrons. The lowest BCUT2D eigenvalue weighted by Gasteiger charge is -2.24. The van der Waals surface area contributed by atoms with Gasteiger partial charge in [0.15, 0.2) is 0 Å². The second-order valence-corrected chi connectivity index (χ2v) is 5.30. The lowest BCUT2D eigenvalue weighted by atomic mass is 9.95. The smallest absolute Gasteiger partial charge is 0.311 e. The van der Waals surface area contributed by atoms with Crippen LogP contribution in [0.5, 0.6) is 0 Å². The van der Waals surface area contributed by atoms with Crippen LogP contribution in [0.1, 0.15) is 40.0 Å². The highest BCUT2D eigenvalue weighted by Crippen LogP contribution is 2.38. The average Bonchev–Trinajstić information content (AvgIpc) is 2.80. The van der Waals surface area contributed by atoms with Crippen LogP contribution in [0.2, 0.25) is 0 Å². The molecule has 3 unspecified atom stereocenters. The minimum atomic E-state index is -0.388. The van der Waals surface area contributed by atoms with Crippen molar-refractivity contribution in [1.29, 1.82) is 0 Å². The molecular weight excluding hydrogens is 180 g/mol. The van der Waals surface area contributed by atoms with Crippen LogP contribution in [0, 0.1) is 5.41 Å². The Morgan fingerprint density at radius 1 is 1.29 bits per heavy atom. The largest absolute Gasteiger partial charge is 0.462 e. The standard InChI is InChI=1S/C11H18O3/c1-11(2,3)10(12)13-7-4-5-8-9(6-7)14-8/h7-9H,4-6H2,1-3H3. The van der Waals surface area contributed by atoms with Crippen LogP contribution in [-0.2, 0) is 14.3 Å². The van der Waals surface area contributed by atoms with Crippen molar-refractivity contribution in [1.82, 2.24) is 0 Å². The van der Waals surface area contributed by atoms with E-state index >= 15 is 0 Å². The van der Waals surface area contributed by atoms with Gasteiger partial charge in [0, 0.05) is 6.42 Å². The Morgan fingerprint density at radius 3 is 2.57 bits per heavy atom. The van der Waals surface area contributed by atoms with Gasteiger partial charge in [-0.15, -0.1) is 0 Å². The molecule has 1 aliphatic heterocycles. The van der Waals surface area contributed by atoms with Crippen molar-refractivity contribution in [2.75, 3.05) is 0 Å². The Hall–Kier alpha value is -0.570. The van der Waals surface area contributed by atoms with Crippen molar-refractivity contribution >= 4 is 5.97 Å². The summed E-state index contributed by atoms with van der Waals surface area (Å²) in [7, 11) is 0. The van der Waals surface area contributed by atoms with Gasteiger partial charge in [0.05, 0.1) is 17.6 Å². The molecule has 3 heteroatoms. The van der Waals surface area contributed by atoms with Crippen molar-refractivity contribution in [3.8, 4) is 0 Å². The summed E-state index contributed by atoms with van der Waals surface area (Å²) in [6.07, 6.45) is 3.84. The Morgan fingerprint density at radius 2 is 2.00 bits per heavy atom. The Labute approximate surface area is 84.8 Å². The normalized spacial score (nSPS) is 36.1. The third-order valence-corrected chi connectivity index (χ3v) is 2.84. The molecule has 0 aromatic carbocycles. The predicted molar refractivity (Wildman–Crippen MR) is 51.8 cm³/mol. The van der Waals surface area contributed by atoms with Crippen molar-refractivity contribution < 1.29 is 14.3 Å². The van der Waals surface area contributed by atoms with Crippen molar-refractivity contribution in [2.24, 2.45) is 5.41 Å². The first-order chi connectivity index (χ1) is 6.47. The number of epoxide rings is 1. The lowest BCUT2D eigenvalue weighted by molar-refractivity contribution is -0.159. The van der Waals surface area contributed by atoms with Gasteiger partial charge in [-0.05, 0) is 33.6 Å². The van der Waals surface area contributed by atoms with Gasteiger partial charge in [-0.25, -0.2) is 0 Å². The molecule has 0 spiro atoms. The maximum Gasteiger partial charge on any atom is 0.311 e. The van der Waals surface area contributed by atoms with E-state index in [1.165, 1.54) is 0 Å². The summed E-state index contributed by atoms with van der Waals surface area (Å²) in [6.45, 7) is 5.65. The van der Waals surface area contributed by atoms with Gasteiger partial charge in [0.25, 0.3) is 0 Å². The van der Waals surface area contributed by atoms with E-state index in [0.29, 0.717) is 12.2 Å². The van der Waals surface area contributed by atoms with E-state index in [4.69, 9.17) is 9.47 Å². The van der Waals surface area contributed by atoms with Crippen LogP contribution in [0.4, 0.5) is 0 Å². The average molecular weight is 198 g/mol. The fourth-order valence-electron chi connectivity index (χ4n) is 1.80. The molecule has 1 saturated heterocycles. The Balaban J connectivity index is 1.82. The summed E-state index contributed by atoms with van der Waals surface area (Å²) < 4.78 is 10.8. The van der Waals surface area contributed by atoms with Crippen LogP contribution >= 0.6 is 0 Å². The van der Waals surface area contributed by atoms with E-state index < -0.39 is 0 Å². The van der Waals surface area contributed by atoms with Gasteiger partial charge in [-0.1, -0.05) is 0 Å². The molecule has 0 bridgehead atoms. The minimum absolute atomic E-state index is 0.0884. The van der Waals surface area contributed by atoms with Gasteiger partial charge in [0.1, 0.15) is 6.10 Å². The first kappa shape index (κ1) is 9.97. The number of esters is 1. The quantitative estimate of drug-likeness (QED) is 0.477. The van der Waals surface area contributed by atoms with Gasteiger partial charge < -0.3 is 9.47 Å². The summed E-state index contributed by atoms with van der Waals surface area (Å²) in [5.74, 6) is -0.0957. The molecule has 0 radical (unpaired) electrons. The van der Waals surface area contributed by atoms with Gasteiger partial charge in [0.2, 0.25) is 0 Å². The molecule has 0 amide bonds. The van der Waals surface area contributed by atoms with Crippen molar-refractivity contribution in [3.05, 3.63) is 0 Å². The van der Waals surface area contributed by atoms with Gasteiger partial charge >= 0.3 is 5.97 Å². The molecule has 1 heterocycles. The maximum absolute atomic E-state index is 11.6. The molecule has 2 fully saturated rings. The van der Waals surface area contributed by atoms with E-state index in [1.807, 2.05) is 20.8 Å². The Bertz CT molecular complexity index is 241. The zero-order valence-electron chi connectivity index (χ0n) is 9.08. The van der Waals surface area contributed by atoms with Crippen molar-refractivity contribution in [3.63, 3.8) is 0 Å². The minimum Gasteiger partial charge on any atom is -0.462 e. The highest BCUT2D eigenvalue weighted by atomic mass is 16.6. The molecule has 14 heavy (non-hydrogen) atoms. The highest BCUT2D eigenvalue weighted by Gasteiger charge is 2.45. The lowest BCUT2D eigenvalue weighted by Crippen LogP contribution is -2.31. The molecule has 2 aliphatic rings. The number of hydrogen-bond acceptors (Lipinski definition) is 3. The topological polar surface area (TPSA) is 38.8 Å². The van der Waals surface area contributed by atoms with E-state index in [-0.39, 0.29) is 17.5 Å². The van der Waals surface area contributed by atoms with Crippen LogP contribution in [-0.4, -0.2) is 24.3 Å². The third kappa shape index (κ3) is 2.08. The Kier molecular flexibility index (Phi) is 2.30. The summed E-state index contributed by atoms with van der Waals surface area (Å²) in [4.78, 5) is 11.6. The zero-order valence-corrected chi connectivity index (χ0v) is 9.08. The van der Waals surface area contributed by atoms with E-state index in [0.717, 1.165) is 19.3 Å². The summed E-state index contributed by atoms with van der Waals surface area (Å²) >= 11 is 0. The third-order valence-electron chi connectivity index (χ3n) is 2.84. The van der Waals surface area contributed by atoms with Gasteiger partial charge in [-0.3, -0.25) is 4.79 Å². The molecular formula is C11H18O3. The summed E-state index contributed by atoms with van der Waals surface area (Å²) in [6, 6.07) is 0. The molecule has 2 rings (SSSR count). The summed E-state index contributed by atoms with van der Waals surface area (Å²) in [5.41, 5.74) is -0.388. The fourth-order valence-corrected chi connectivity index (χ4v) is 1.80. The number of carbonyl (C=O) groups is 1. The molecule has 0 aromatic heterocycles. The van der Waals surface area contributed by atoms with Crippen LogP contribution in [0.15, 0.2) is 0 Å². The maximum atomic E-state index is 11.6.